The van der Waals surface area contributed by atoms with E-state index in [0.717, 1.165) is 25.7 Å². The molecular weight excluding hydrogens is 124 g/mol. The minimum absolute atomic E-state index is 0.153. The molecule has 0 spiro atoms. The van der Waals surface area contributed by atoms with E-state index in [1.54, 1.807) is 0 Å². The van der Waals surface area contributed by atoms with Crippen LogP contribution in [0.3, 0.4) is 0 Å². The van der Waals surface area contributed by atoms with Gasteiger partial charge in [0.15, 0.2) is 0 Å². The van der Waals surface area contributed by atoms with Crippen LogP contribution in [0.5, 0.6) is 0 Å². The second kappa shape index (κ2) is 3.57. The van der Waals surface area contributed by atoms with Crippen LogP contribution in [0.15, 0.2) is 24.3 Å². The highest BCUT2D eigenvalue weighted by atomic mass is 16.3. The maximum absolute atomic E-state index is 9.31. The number of rotatable bonds is 3. The first-order valence-electron chi connectivity index (χ1n) is 3.82. The zero-order valence-electron chi connectivity index (χ0n) is 6.21. The van der Waals surface area contributed by atoms with Gasteiger partial charge in [-0.05, 0) is 31.3 Å². The van der Waals surface area contributed by atoms with Gasteiger partial charge in [-0.2, -0.15) is 0 Å². The van der Waals surface area contributed by atoms with Crippen molar-refractivity contribution < 1.29 is 5.11 Å². The summed E-state index contributed by atoms with van der Waals surface area (Å²) in [5.41, 5.74) is 1.21. The van der Waals surface area contributed by atoms with Crippen molar-refractivity contribution >= 4 is 0 Å². The molecule has 0 bridgehead atoms. The molecule has 0 aliphatic heterocycles. The highest BCUT2D eigenvalue weighted by Gasteiger charge is 2.14. The van der Waals surface area contributed by atoms with E-state index in [4.69, 9.17) is 0 Å². The lowest BCUT2D eigenvalue weighted by molar-refractivity contribution is 0.208. The van der Waals surface area contributed by atoms with Crippen molar-refractivity contribution in [3.63, 3.8) is 0 Å². The van der Waals surface area contributed by atoms with Gasteiger partial charge in [-0.25, -0.2) is 0 Å². The standard InChI is InChI=1S/C9H14O/c1-2-3-5-8-6-4-7-9(8)10/h2,6,9-10H,1,3-5,7H2/t9-/m1/s1. The van der Waals surface area contributed by atoms with E-state index in [2.05, 4.69) is 12.7 Å². The van der Waals surface area contributed by atoms with Gasteiger partial charge in [0.25, 0.3) is 0 Å². The van der Waals surface area contributed by atoms with Gasteiger partial charge in [-0.1, -0.05) is 12.2 Å². The first-order valence-corrected chi connectivity index (χ1v) is 3.82. The number of hydrogen-bond donors (Lipinski definition) is 1. The SMILES string of the molecule is C=CCCC1=CCC[C@H]1O. The summed E-state index contributed by atoms with van der Waals surface area (Å²) in [5, 5.41) is 9.31. The van der Waals surface area contributed by atoms with E-state index in [1.165, 1.54) is 5.57 Å². The largest absolute Gasteiger partial charge is 0.389 e. The topological polar surface area (TPSA) is 20.2 Å². The molecule has 1 heteroatoms. The summed E-state index contributed by atoms with van der Waals surface area (Å²) in [6.07, 6.45) is 7.84. The molecule has 1 nitrogen and oxygen atoms in total. The van der Waals surface area contributed by atoms with Gasteiger partial charge in [0.2, 0.25) is 0 Å². The van der Waals surface area contributed by atoms with Crippen molar-refractivity contribution in [1.82, 2.24) is 0 Å². The summed E-state index contributed by atoms with van der Waals surface area (Å²) < 4.78 is 0. The third kappa shape index (κ3) is 1.71. The van der Waals surface area contributed by atoms with Crippen molar-refractivity contribution in [2.45, 2.75) is 31.8 Å². The lowest BCUT2D eigenvalue weighted by Gasteiger charge is -2.05. The Morgan fingerprint density at radius 2 is 2.60 bits per heavy atom. The number of allylic oxidation sites excluding steroid dienone is 2. The van der Waals surface area contributed by atoms with Gasteiger partial charge in [0.05, 0.1) is 6.10 Å². The molecule has 1 rings (SSSR count). The van der Waals surface area contributed by atoms with E-state index < -0.39 is 0 Å². The van der Waals surface area contributed by atoms with Crippen LogP contribution in [0.4, 0.5) is 0 Å². The average Bonchev–Trinajstić information content (AvgIpc) is 2.31. The average molecular weight is 138 g/mol. The number of aliphatic hydroxyl groups is 1. The Bertz CT molecular complexity index is 147. The zero-order valence-corrected chi connectivity index (χ0v) is 6.21. The fraction of sp³-hybridized carbons (Fsp3) is 0.556. The first kappa shape index (κ1) is 7.55. The molecule has 0 aromatic heterocycles. The molecule has 56 valence electrons. The van der Waals surface area contributed by atoms with Gasteiger partial charge < -0.3 is 5.11 Å². The molecule has 10 heavy (non-hydrogen) atoms. The number of hydrogen-bond acceptors (Lipinski definition) is 1. The number of aliphatic hydroxyl groups excluding tert-OH is 1. The third-order valence-corrected chi connectivity index (χ3v) is 1.91. The Hall–Kier alpha value is -0.560. The highest BCUT2D eigenvalue weighted by Crippen LogP contribution is 2.22. The van der Waals surface area contributed by atoms with Crippen LogP contribution in [0.25, 0.3) is 0 Å². The summed E-state index contributed by atoms with van der Waals surface area (Å²) >= 11 is 0. The van der Waals surface area contributed by atoms with Crippen molar-refractivity contribution in [2.24, 2.45) is 0 Å². The fourth-order valence-electron chi connectivity index (χ4n) is 1.29. The van der Waals surface area contributed by atoms with Crippen LogP contribution in [0.2, 0.25) is 0 Å². The summed E-state index contributed by atoms with van der Waals surface area (Å²) in [7, 11) is 0. The van der Waals surface area contributed by atoms with Gasteiger partial charge in [0, 0.05) is 0 Å². The van der Waals surface area contributed by atoms with E-state index in [1.807, 2.05) is 6.08 Å². The van der Waals surface area contributed by atoms with Crippen LogP contribution in [-0.2, 0) is 0 Å². The Morgan fingerprint density at radius 3 is 3.10 bits per heavy atom. The second-order valence-electron chi connectivity index (χ2n) is 2.70. The van der Waals surface area contributed by atoms with Crippen molar-refractivity contribution in [1.29, 1.82) is 0 Å². The molecule has 0 fully saturated rings. The van der Waals surface area contributed by atoms with E-state index >= 15 is 0 Å². The molecule has 0 aromatic rings. The maximum Gasteiger partial charge on any atom is 0.0753 e. The molecule has 1 atom stereocenters. The molecule has 1 N–H and O–H groups in total. The second-order valence-corrected chi connectivity index (χ2v) is 2.70. The predicted molar refractivity (Wildman–Crippen MR) is 42.8 cm³/mol. The van der Waals surface area contributed by atoms with E-state index in [9.17, 15) is 5.11 Å². The van der Waals surface area contributed by atoms with Crippen LogP contribution < -0.4 is 0 Å². The molecule has 0 saturated carbocycles. The molecule has 0 unspecified atom stereocenters. The maximum atomic E-state index is 9.31. The molecule has 0 saturated heterocycles. The normalized spacial score (nSPS) is 24.5. The molecule has 0 aromatic carbocycles. The fourth-order valence-corrected chi connectivity index (χ4v) is 1.29. The van der Waals surface area contributed by atoms with Gasteiger partial charge in [-0.15, -0.1) is 6.58 Å². The highest BCUT2D eigenvalue weighted by molar-refractivity contribution is 5.14. The molecule has 0 radical (unpaired) electrons. The van der Waals surface area contributed by atoms with Crippen LogP contribution >= 0.6 is 0 Å². The van der Waals surface area contributed by atoms with Crippen LogP contribution in [-0.4, -0.2) is 11.2 Å². The summed E-state index contributed by atoms with van der Waals surface area (Å²) in [6, 6.07) is 0. The zero-order chi connectivity index (χ0) is 7.40. The lowest BCUT2D eigenvalue weighted by Crippen LogP contribution is -2.03. The lowest BCUT2D eigenvalue weighted by atomic mass is 10.1. The van der Waals surface area contributed by atoms with Crippen molar-refractivity contribution in [3.05, 3.63) is 24.3 Å². The first-order chi connectivity index (χ1) is 4.84. The minimum atomic E-state index is -0.153. The smallest absolute Gasteiger partial charge is 0.0753 e. The Labute approximate surface area is 62.1 Å². The van der Waals surface area contributed by atoms with E-state index in [-0.39, 0.29) is 6.10 Å². The quantitative estimate of drug-likeness (QED) is 0.592. The van der Waals surface area contributed by atoms with Gasteiger partial charge in [-0.3, -0.25) is 0 Å². The molecule has 0 amide bonds. The predicted octanol–water partition coefficient (Wildman–Crippen LogP) is 2.03. The minimum Gasteiger partial charge on any atom is -0.389 e. The monoisotopic (exact) mass is 138 g/mol. The summed E-state index contributed by atoms with van der Waals surface area (Å²) in [6.45, 7) is 3.64. The van der Waals surface area contributed by atoms with Crippen molar-refractivity contribution in [2.75, 3.05) is 0 Å². The Balaban J connectivity index is 2.32. The van der Waals surface area contributed by atoms with Gasteiger partial charge >= 0.3 is 0 Å². The van der Waals surface area contributed by atoms with Crippen LogP contribution in [0.1, 0.15) is 25.7 Å². The van der Waals surface area contributed by atoms with Crippen LogP contribution in [0, 0.1) is 0 Å². The Morgan fingerprint density at radius 1 is 1.80 bits per heavy atom. The molecule has 1 aliphatic carbocycles. The van der Waals surface area contributed by atoms with E-state index in [0.29, 0.717) is 0 Å². The molecule has 0 heterocycles. The summed E-state index contributed by atoms with van der Waals surface area (Å²) in [4.78, 5) is 0. The third-order valence-electron chi connectivity index (χ3n) is 1.91. The van der Waals surface area contributed by atoms with Crippen molar-refractivity contribution in [3.8, 4) is 0 Å². The summed E-state index contributed by atoms with van der Waals surface area (Å²) in [5.74, 6) is 0. The Kier molecular flexibility index (Phi) is 2.69. The van der Waals surface area contributed by atoms with Gasteiger partial charge in [0.1, 0.15) is 0 Å². The molecule has 1 aliphatic rings. The molecular formula is C9H14O.